The molecule has 1 aromatic carbocycles. The fourth-order valence-electron chi connectivity index (χ4n) is 3.17. The van der Waals surface area contributed by atoms with E-state index < -0.39 is 15.8 Å². The van der Waals surface area contributed by atoms with Crippen molar-refractivity contribution in [2.24, 2.45) is 0 Å². The fourth-order valence-corrected chi connectivity index (χ4v) is 3.80. The van der Waals surface area contributed by atoms with Crippen LogP contribution in [-0.2, 0) is 14.6 Å². The SMILES string of the molecule is CC(C)=CCCC(C)=CCCC(C)=CCCC(C)=CCOC(=O)c1ccc(S(C)(=O)=O)cc1. The highest BCUT2D eigenvalue weighted by Gasteiger charge is 2.10. The molecule has 0 fully saturated rings. The summed E-state index contributed by atoms with van der Waals surface area (Å²) in [4.78, 5) is 12.3. The summed E-state index contributed by atoms with van der Waals surface area (Å²) in [5.74, 6) is -0.459. The first kappa shape index (κ1) is 28.6. The lowest BCUT2D eigenvalue weighted by Crippen LogP contribution is -2.06. The predicted molar refractivity (Wildman–Crippen MR) is 138 cm³/mol. The lowest BCUT2D eigenvalue weighted by molar-refractivity contribution is 0.0548. The highest BCUT2D eigenvalue weighted by atomic mass is 32.2. The minimum absolute atomic E-state index is 0.184. The lowest BCUT2D eigenvalue weighted by Gasteiger charge is -2.05. The van der Waals surface area contributed by atoms with Gasteiger partial charge in [0.1, 0.15) is 6.61 Å². The number of rotatable bonds is 13. The summed E-state index contributed by atoms with van der Waals surface area (Å²) in [5, 5.41) is 0. The molecule has 0 atom stereocenters. The Bertz CT molecular complexity index is 987. The molecule has 33 heavy (non-hydrogen) atoms. The van der Waals surface area contributed by atoms with E-state index in [0.29, 0.717) is 5.56 Å². The summed E-state index contributed by atoms with van der Waals surface area (Å²) in [7, 11) is -3.28. The first-order valence-corrected chi connectivity index (χ1v) is 13.5. The van der Waals surface area contributed by atoms with Crippen molar-refractivity contribution in [2.75, 3.05) is 12.9 Å². The minimum atomic E-state index is -3.28. The van der Waals surface area contributed by atoms with E-state index in [4.69, 9.17) is 4.74 Å². The molecule has 4 nitrogen and oxygen atoms in total. The number of esters is 1. The maximum absolute atomic E-state index is 12.1. The summed E-state index contributed by atoms with van der Waals surface area (Å²) >= 11 is 0. The molecule has 5 heteroatoms. The average molecular weight is 473 g/mol. The van der Waals surface area contributed by atoms with Gasteiger partial charge >= 0.3 is 5.97 Å². The highest BCUT2D eigenvalue weighted by molar-refractivity contribution is 7.90. The summed E-state index contributed by atoms with van der Waals surface area (Å²) < 4.78 is 28.3. The van der Waals surface area contributed by atoms with E-state index in [1.54, 1.807) is 0 Å². The van der Waals surface area contributed by atoms with Crippen molar-refractivity contribution < 1.29 is 17.9 Å². The van der Waals surface area contributed by atoms with Crippen molar-refractivity contribution in [1.29, 1.82) is 0 Å². The van der Waals surface area contributed by atoms with Gasteiger partial charge in [0.25, 0.3) is 0 Å². The summed E-state index contributed by atoms with van der Waals surface area (Å²) in [6, 6.07) is 5.79. The third-order valence-electron chi connectivity index (χ3n) is 5.32. The van der Waals surface area contributed by atoms with E-state index in [1.165, 1.54) is 46.6 Å². The molecule has 0 aromatic heterocycles. The molecule has 0 unspecified atom stereocenters. The van der Waals surface area contributed by atoms with Gasteiger partial charge in [-0.25, -0.2) is 13.2 Å². The molecule has 0 amide bonds. The molecule has 0 radical (unpaired) electrons. The second kappa shape index (κ2) is 14.7. The van der Waals surface area contributed by atoms with Gasteiger partial charge in [-0.2, -0.15) is 0 Å². The number of carbonyl (C=O) groups is 1. The molecule has 0 aliphatic rings. The van der Waals surface area contributed by atoms with Crippen LogP contribution in [0.3, 0.4) is 0 Å². The molecule has 0 aliphatic heterocycles. The van der Waals surface area contributed by atoms with Gasteiger partial charge in [-0.15, -0.1) is 0 Å². The molecular weight excluding hydrogens is 432 g/mol. The van der Waals surface area contributed by atoms with Crippen LogP contribution in [0.1, 0.15) is 83.5 Å². The topological polar surface area (TPSA) is 60.4 Å². The number of hydrogen-bond acceptors (Lipinski definition) is 4. The van der Waals surface area contributed by atoms with Gasteiger partial charge in [0.05, 0.1) is 10.5 Å². The molecule has 0 bridgehead atoms. The number of allylic oxidation sites excluding steroid dienone is 7. The first-order valence-electron chi connectivity index (χ1n) is 11.6. The number of sulfone groups is 1. The Morgan fingerprint density at radius 2 is 1.21 bits per heavy atom. The van der Waals surface area contributed by atoms with Crippen LogP contribution in [0.25, 0.3) is 0 Å². The van der Waals surface area contributed by atoms with Crippen molar-refractivity contribution in [1.82, 2.24) is 0 Å². The van der Waals surface area contributed by atoms with Crippen LogP contribution in [0.15, 0.2) is 75.8 Å². The van der Waals surface area contributed by atoms with Crippen molar-refractivity contribution in [2.45, 2.75) is 78.0 Å². The average Bonchev–Trinajstić information content (AvgIpc) is 2.73. The molecule has 0 N–H and O–H groups in total. The van der Waals surface area contributed by atoms with Crippen LogP contribution in [0, 0.1) is 0 Å². The van der Waals surface area contributed by atoms with Gasteiger partial charge < -0.3 is 4.74 Å². The second-order valence-corrected chi connectivity index (χ2v) is 11.0. The summed E-state index contributed by atoms with van der Waals surface area (Å²) in [5.41, 5.74) is 5.76. The minimum Gasteiger partial charge on any atom is -0.458 e. The largest absolute Gasteiger partial charge is 0.458 e. The van der Waals surface area contributed by atoms with Crippen LogP contribution in [-0.4, -0.2) is 27.2 Å². The molecular formula is C28H40O4S. The number of carbonyl (C=O) groups excluding carboxylic acids is 1. The van der Waals surface area contributed by atoms with Crippen LogP contribution in [0.5, 0.6) is 0 Å². The number of hydrogen-bond donors (Lipinski definition) is 0. The van der Waals surface area contributed by atoms with Gasteiger partial charge in [-0.05, 0) is 103 Å². The quantitative estimate of drug-likeness (QED) is 0.222. The molecule has 0 saturated heterocycles. The van der Waals surface area contributed by atoms with E-state index >= 15 is 0 Å². The van der Waals surface area contributed by atoms with E-state index in [9.17, 15) is 13.2 Å². The maximum atomic E-state index is 12.1. The van der Waals surface area contributed by atoms with Gasteiger partial charge in [-0.3, -0.25) is 0 Å². The summed E-state index contributed by atoms with van der Waals surface area (Å²) in [6.45, 7) is 10.9. The Balaban J connectivity index is 2.35. The molecule has 0 spiro atoms. The Morgan fingerprint density at radius 1 is 0.758 bits per heavy atom. The van der Waals surface area contributed by atoms with Crippen LogP contribution in [0.2, 0.25) is 0 Å². The number of ether oxygens (including phenoxy) is 1. The normalized spacial score (nSPS) is 13.1. The standard InChI is InChI=1S/C28H40O4S/c1-22(2)10-7-11-23(3)12-8-13-24(4)14-9-15-25(5)20-21-32-28(29)26-16-18-27(19-17-26)33(6,30)31/h10,12,14,16-20H,7-9,11,13,15,21H2,1-6H3. The number of benzene rings is 1. The molecule has 1 aromatic rings. The second-order valence-electron chi connectivity index (χ2n) is 8.94. The third kappa shape index (κ3) is 13.0. The Kier molecular flexibility index (Phi) is 12.7. The predicted octanol–water partition coefficient (Wildman–Crippen LogP) is 7.39. The Hall–Kier alpha value is -2.40. The highest BCUT2D eigenvalue weighted by Crippen LogP contribution is 2.14. The van der Waals surface area contributed by atoms with Crippen molar-refractivity contribution in [3.63, 3.8) is 0 Å². The Labute approximate surface area is 201 Å². The molecule has 1 rings (SSSR count). The fraction of sp³-hybridized carbons (Fsp3) is 0.464. The van der Waals surface area contributed by atoms with Gasteiger partial charge in [0, 0.05) is 6.26 Å². The van der Waals surface area contributed by atoms with E-state index in [0.717, 1.165) is 44.8 Å². The van der Waals surface area contributed by atoms with Crippen LogP contribution in [0.4, 0.5) is 0 Å². The maximum Gasteiger partial charge on any atom is 0.338 e. The van der Waals surface area contributed by atoms with Gasteiger partial charge in [-0.1, -0.05) is 40.5 Å². The van der Waals surface area contributed by atoms with Gasteiger partial charge in [0.2, 0.25) is 0 Å². The summed E-state index contributed by atoms with van der Waals surface area (Å²) in [6.07, 6.45) is 16.3. The van der Waals surface area contributed by atoms with Gasteiger partial charge in [0.15, 0.2) is 9.84 Å². The van der Waals surface area contributed by atoms with E-state index in [1.807, 2.05) is 13.0 Å². The van der Waals surface area contributed by atoms with Crippen molar-refractivity contribution in [3.05, 3.63) is 76.4 Å². The zero-order valence-electron chi connectivity index (χ0n) is 21.1. The van der Waals surface area contributed by atoms with Crippen molar-refractivity contribution in [3.8, 4) is 0 Å². The zero-order chi connectivity index (χ0) is 24.9. The van der Waals surface area contributed by atoms with E-state index in [2.05, 4.69) is 45.9 Å². The molecule has 0 heterocycles. The monoisotopic (exact) mass is 472 g/mol. The smallest absolute Gasteiger partial charge is 0.338 e. The van der Waals surface area contributed by atoms with E-state index in [-0.39, 0.29) is 11.5 Å². The van der Waals surface area contributed by atoms with Crippen molar-refractivity contribution >= 4 is 15.8 Å². The zero-order valence-corrected chi connectivity index (χ0v) is 21.9. The third-order valence-corrected chi connectivity index (χ3v) is 6.45. The van der Waals surface area contributed by atoms with Crippen LogP contribution < -0.4 is 0 Å². The Morgan fingerprint density at radius 3 is 1.67 bits per heavy atom. The van der Waals surface area contributed by atoms with Crippen LogP contribution >= 0.6 is 0 Å². The molecule has 182 valence electrons. The molecule has 0 aliphatic carbocycles. The molecule has 0 saturated carbocycles. The first-order chi connectivity index (χ1) is 15.5. The lowest BCUT2D eigenvalue weighted by atomic mass is 10.0.